The first-order valence-electron chi connectivity index (χ1n) is 7.00. The van der Waals surface area contributed by atoms with Crippen LogP contribution >= 0.6 is 0 Å². The number of carbonyl (C=O) groups is 1. The van der Waals surface area contributed by atoms with E-state index in [1.165, 1.54) is 36.9 Å². The molecule has 2 aromatic rings. The largest absolute Gasteiger partial charge is 0.461 e. The summed E-state index contributed by atoms with van der Waals surface area (Å²) in [6.07, 6.45) is 0.0863. The molecule has 1 aliphatic rings. The van der Waals surface area contributed by atoms with Crippen molar-refractivity contribution in [3.8, 4) is 0 Å². The van der Waals surface area contributed by atoms with Crippen molar-refractivity contribution >= 4 is 27.1 Å². The molecule has 0 amide bonds. The number of rotatable bonds is 3. The van der Waals surface area contributed by atoms with E-state index >= 15 is 0 Å². The summed E-state index contributed by atoms with van der Waals surface area (Å²) in [6.45, 7) is 1.74. The first-order chi connectivity index (χ1) is 10.7. The van der Waals surface area contributed by atoms with Gasteiger partial charge in [-0.25, -0.2) is 22.3 Å². The Morgan fingerprint density at radius 1 is 1.26 bits per heavy atom. The molecule has 0 spiro atoms. The van der Waals surface area contributed by atoms with Crippen molar-refractivity contribution in [1.29, 1.82) is 0 Å². The van der Waals surface area contributed by atoms with Crippen LogP contribution in [0, 0.1) is 0 Å². The highest BCUT2D eigenvalue weighted by molar-refractivity contribution is 7.89. The van der Waals surface area contributed by atoms with Gasteiger partial charge in [0.05, 0.1) is 10.4 Å². The van der Waals surface area contributed by atoms with E-state index in [1.807, 2.05) is 0 Å². The van der Waals surface area contributed by atoms with Crippen molar-refractivity contribution in [3.05, 3.63) is 28.7 Å². The molecule has 3 rings (SSSR count). The highest BCUT2D eigenvalue weighted by Gasteiger charge is 2.36. The van der Waals surface area contributed by atoms with Crippen molar-refractivity contribution in [2.45, 2.75) is 30.4 Å². The lowest BCUT2D eigenvalue weighted by atomic mass is 10.2. The number of hydrogen-bond acceptors (Lipinski definition) is 6. The molecule has 0 bridgehead atoms. The first kappa shape index (κ1) is 15.8. The van der Waals surface area contributed by atoms with Gasteiger partial charge in [0, 0.05) is 26.6 Å². The summed E-state index contributed by atoms with van der Waals surface area (Å²) in [6, 6.07) is 3.38. The summed E-state index contributed by atoms with van der Waals surface area (Å²) in [5.41, 5.74) is 0.481. The van der Waals surface area contributed by atoms with E-state index in [1.54, 1.807) is 6.92 Å². The Kier molecular flexibility index (Phi) is 3.56. The van der Waals surface area contributed by atoms with E-state index in [2.05, 4.69) is 0 Å². The smallest absolute Gasteiger partial charge is 0.420 e. The van der Waals surface area contributed by atoms with Crippen LogP contribution in [-0.4, -0.2) is 43.5 Å². The fourth-order valence-electron chi connectivity index (χ4n) is 2.63. The predicted octanol–water partition coefficient (Wildman–Crippen LogP) is 0.721. The highest BCUT2D eigenvalue weighted by Crippen LogP contribution is 2.29. The average Bonchev–Trinajstić information content (AvgIpc) is 2.95. The molecular weight excluding hydrogens is 324 g/mol. The Labute approximate surface area is 132 Å². The molecule has 2 atom stereocenters. The number of oxazole rings is 1. The van der Waals surface area contributed by atoms with Gasteiger partial charge in [0.25, 0.3) is 0 Å². The number of cyclic esters (lactones) is 1. The van der Waals surface area contributed by atoms with Crippen LogP contribution in [0.2, 0.25) is 0 Å². The monoisotopic (exact) mass is 340 g/mol. The highest BCUT2D eigenvalue weighted by atomic mass is 32.2. The number of ether oxygens (including phenoxy) is 1. The molecule has 0 saturated carbocycles. The third-order valence-corrected chi connectivity index (χ3v) is 5.63. The molecule has 124 valence electrons. The first-order valence-corrected chi connectivity index (χ1v) is 8.44. The van der Waals surface area contributed by atoms with Crippen LogP contribution in [-0.2, 0) is 19.6 Å². The molecule has 0 radical (unpaired) electrons. The van der Waals surface area contributed by atoms with E-state index in [0.29, 0.717) is 11.9 Å². The van der Waals surface area contributed by atoms with Crippen LogP contribution in [0.15, 0.2) is 32.3 Å². The Balaban J connectivity index is 2.15. The Hall–Kier alpha value is -2.13. The van der Waals surface area contributed by atoms with Gasteiger partial charge in [-0.3, -0.25) is 4.57 Å². The summed E-state index contributed by atoms with van der Waals surface area (Å²) in [4.78, 5) is 24.0. The number of nitrogens with zero attached hydrogens (tertiary/aromatic N) is 2. The molecule has 0 aliphatic carbocycles. The molecule has 1 aromatic carbocycles. The Morgan fingerprint density at radius 2 is 1.96 bits per heavy atom. The van der Waals surface area contributed by atoms with Crippen LogP contribution in [0.4, 0.5) is 0 Å². The molecule has 1 aliphatic heterocycles. The number of carbonyl (C=O) groups excluding carboxylic acids is 1. The van der Waals surface area contributed by atoms with Crippen LogP contribution in [0.1, 0.15) is 19.4 Å². The minimum atomic E-state index is -3.64. The van der Waals surface area contributed by atoms with Gasteiger partial charge in [0.2, 0.25) is 10.0 Å². The van der Waals surface area contributed by atoms with Gasteiger partial charge in [-0.05, 0) is 19.1 Å². The molecule has 1 aromatic heterocycles. The SMILES string of the molecule is CC1CC(n2c(=O)oc3cc(S(=O)(=O)N(C)C)ccc32)C(=O)O1. The summed E-state index contributed by atoms with van der Waals surface area (Å²) < 4.78 is 36.8. The number of sulfonamides is 1. The minimum Gasteiger partial charge on any atom is -0.461 e. The maximum Gasteiger partial charge on any atom is 0.420 e. The topological polar surface area (TPSA) is 98.8 Å². The van der Waals surface area contributed by atoms with E-state index in [9.17, 15) is 18.0 Å². The maximum atomic E-state index is 12.1. The number of esters is 1. The third-order valence-electron chi connectivity index (χ3n) is 3.82. The van der Waals surface area contributed by atoms with Crippen molar-refractivity contribution < 1.29 is 22.4 Å². The fraction of sp³-hybridized carbons (Fsp3) is 0.429. The second-order valence-electron chi connectivity index (χ2n) is 5.65. The minimum absolute atomic E-state index is 0.0123. The molecule has 1 fully saturated rings. The molecule has 8 nitrogen and oxygen atoms in total. The second kappa shape index (κ2) is 5.20. The van der Waals surface area contributed by atoms with Crippen LogP contribution in [0.5, 0.6) is 0 Å². The van der Waals surface area contributed by atoms with Gasteiger partial charge in [0.15, 0.2) is 5.58 Å². The van der Waals surface area contributed by atoms with Crippen molar-refractivity contribution in [1.82, 2.24) is 8.87 Å². The molecule has 2 heterocycles. The molecule has 0 N–H and O–H groups in total. The zero-order valence-electron chi connectivity index (χ0n) is 12.8. The quantitative estimate of drug-likeness (QED) is 0.764. The third kappa shape index (κ3) is 2.45. The van der Waals surface area contributed by atoms with E-state index in [-0.39, 0.29) is 16.6 Å². The normalized spacial score (nSPS) is 22.0. The van der Waals surface area contributed by atoms with E-state index in [4.69, 9.17) is 9.15 Å². The molecule has 9 heteroatoms. The Morgan fingerprint density at radius 3 is 2.52 bits per heavy atom. The van der Waals surface area contributed by atoms with Gasteiger partial charge in [-0.1, -0.05) is 0 Å². The molecule has 2 unspecified atom stereocenters. The lowest BCUT2D eigenvalue weighted by molar-refractivity contribution is -0.143. The van der Waals surface area contributed by atoms with Gasteiger partial charge in [0.1, 0.15) is 12.1 Å². The maximum absolute atomic E-state index is 12.1. The zero-order valence-corrected chi connectivity index (χ0v) is 13.7. The van der Waals surface area contributed by atoms with Crippen LogP contribution < -0.4 is 5.76 Å². The number of benzene rings is 1. The summed E-state index contributed by atoms with van der Waals surface area (Å²) in [7, 11) is -0.813. The molecule has 23 heavy (non-hydrogen) atoms. The van der Waals surface area contributed by atoms with Gasteiger partial charge in [-0.2, -0.15) is 0 Å². The fourth-order valence-corrected chi connectivity index (χ4v) is 3.55. The van der Waals surface area contributed by atoms with Crippen molar-refractivity contribution in [2.24, 2.45) is 0 Å². The van der Waals surface area contributed by atoms with Gasteiger partial charge >= 0.3 is 11.7 Å². The molecule has 1 saturated heterocycles. The zero-order chi connectivity index (χ0) is 16.9. The summed E-state index contributed by atoms with van der Waals surface area (Å²) in [5, 5.41) is 0. The summed E-state index contributed by atoms with van der Waals surface area (Å²) in [5.74, 6) is -1.21. The van der Waals surface area contributed by atoms with Crippen molar-refractivity contribution in [3.63, 3.8) is 0 Å². The number of fused-ring (bicyclic) bond motifs is 1. The van der Waals surface area contributed by atoms with E-state index in [0.717, 1.165) is 4.31 Å². The van der Waals surface area contributed by atoms with Gasteiger partial charge in [-0.15, -0.1) is 0 Å². The Bertz CT molecular complexity index is 940. The van der Waals surface area contributed by atoms with Crippen LogP contribution in [0.25, 0.3) is 11.1 Å². The average molecular weight is 340 g/mol. The lowest BCUT2D eigenvalue weighted by Gasteiger charge is -2.11. The van der Waals surface area contributed by atoms with Gasteiger partial charge < -0.3 is 9.15 Å². The van der Waals surface area contributed by atoms with Crippen molar-refractivity contribution in [2.75, 3.05) is 14.1 Å². The second-order valence-corrected chi connectivity index (χ2v) is 7.81. The molecular formula is C14H16N2O6S. The van der Waals surface area contributed by atoms with E-state index < -0.39 is 27.8 Å². The number of aromatic nitrogens is 1. The number of hydrogen-bond donors (Lipinski definition) is 0. The summed E-state index contributed by atoms with van der Waals surface area (Å²) >= 11 is 0. The predicted molar refractivity (Wildman–Crippen MR) is 80.6 cm³/mol. The standard InChI is InChI=1S/C14H16N2O6S/c1-8-6-11(13(17)21-8)16-10-5-4-9(23(19,20)15(2)3)7-12(10)22-14(16)18/h4-5,7-8,11H,6H2,1-3H3. The lowest BCUT2D eigenvalue weighted by Crippen LogP contribution is -2.24. The van der Waals surface area contributed by atoms with Crippen LogP contribution in [0.3, 0.4) is 0 Å².